The molecule has 11 rings (SSSR count). The minimum Gasteiger partial charge on any atom is -0.537 e. The first kappa shape index (κ1) is 97.0. The normalized spacial score (nSPS) is 11.7. The van der Waals surface area contributed by atoms with E-state index >= 15 is 0 Å². The lowest BCUT2D eigenvalue weighted by Crippen LogP contribution is -2.37. The maximum atomic E-state index is 13.6. The molecule has 3 aromatic heterocycles. The summed E-state index contributed by atoms with van der Waals surface area (Å²) in [6, 6.07) is 55.7. The minimum absolute atomic E-state index is 0.00805. The summed E-state index contributed by atoms with van der Waals surface area (Å²) in [5.74, 6) is -2.48. The van der Waals surface area contributed by atoms with Crippen molar-refractivity contribution in [3.63, 3.8) is 0 Å². The number of halogens is 2. The number of nitrogens with two attached hydrogens (primary N) is 3. The van der Waals surface area contributed by atoms with E-state index in [0.29, 0.717) is 81.9 Å². The van der Waals surface area contributed by atoms with E-state index < -0.39 is 71.6 Å². The van der Waals surface area contributed by atoms with E-state index in [4.69, 9.17) is 40.5 Å². The number of ether oxygens (including phenoxy) is 1. The summed E-state index contributed by atoms with van der Waals surface area (Å²) in [7, 11) is -11.3. The summed E-state index contributed by atoms with van der Waals surface area (Å²) in [6.45, 7) is 4.71. The van der Waals surface area contributed by atoms with Crippen molar-refractivity contribution >= 4 is 183 Å². The van der Waals surface area contributed by atoms with Gasteiger partial charge in [-0.3, -0.25) is 28.8 Å². The number of nitrogens with zero attached hydrogens (tertiary/aromatic N) is 3. The number of nitrogens with one attached hydrogen (secondary N) is 4. The summed E-state index contributed by atoms with van der Waals surface area (Å²) >= 11 is 7.32. The standard InChI is InChI=1S/C29H31N3O6S3.C22H25N3O4S2.C11H12BrN3O3S2.C10H13BNO4.C7H7ClO2S/c1-2-3-9-25(33)22-12-10-21(11-13-22)23-14-15-24-26(18-23)39-29(32-24)27(28(34)31-16-17-41(30,37)38)40(35,36)19-20-7-5-4-6-8-20;1-2-3-4-19(26)16-7-5-15(6-8-16)17-9-10-18-20(13-17)30-22(25-18)14-21(27)24-11-12-31(23,28)29;12-7-1-2-8-9(5-7)19-11(15-8)6-10(16)14-3-4-20(13,17)18;1-15-7-6-12-10(13)8-2-4-9(5-3-8)16-11-14;8-11(9,10)6-7-4-2-1-3-5-7/h4-8,10-15,18,27H,2-3,9,16-17,19H2,1H3,(H,31,34)(H2,30,37,38);5-10,13H,2-4,11-12,14H2,1H3,(H,24,27)(H2,23,28,29);1-2,5H,3-4,6H2,(H,14,16)(H2,13,17,18);2-5,14H,6-7H2,1H3,(H,12,13);1-5H,6H2. The molecule has 0 aliphatic heterocycles. The highest BCUT2D eigenvalue weighted by molar-refractivity contribution is 9.10. The van der Waals surface area contributed by atoms with E-state index in [1.807, 2.05) is 97.9 Å². The number of sulfone groups is 1. The average molecular weight is 1860 g/mol. The minimum atomic E-state index is -4.10. The number of Topliss-reactive ketones (excluding diaryl/α,β-unsaturated/α-hetero) is 2. The zero-order chi connectivity index (χ0) is 86.9. The second-order valence-electron chi connectivity index (χ2n) is 26.2. The van der Waals surface area contributed by atoms with E-state index in [1.54, 1.807) is 104 Å². The Morgan fingerprint density at radius 2 is 0.908 bits per heavy atom. The molecule has 1 radical (unpaired) electrons. The molecule has 1 unspecified atom stereocenters. The van der Waals surface area contributed by atoms with Gasteiger partial charge < -0.3 is 35.7 Å². The Balaban J connectivity index is 0.000000220. The predicted octanol–water partition coefficient (Wildman–Crippen LogP) is 10.4. The van der Waals surface area contributed by atoms with Gasteiger partial charge in [-0.1, -0.05) is 164 Å². The molecule has 8 aromatic carbocycles. The Labute approximate surface area is 716 Å². The van der Waals surface area contributed by atoms with Crippen LogP contribution in [0.5, 0.6) is 5.75 Å². The number of unbranched alkanes of at least 4 members (excludes halogenated alkanes) is 2. The third-order valence-electron chi connectivity index (χ3n) is 16.7. The molecule has 0 bridgehead atoms. The molecule has 29 nitrogen and oxygen atoms in total. The fraction of sp³-hybridized carbons (Fsp3) is 0.278. The number of benzene rings is 8. The van der Waals surface area contributed by atoms with Crippen LogP contribution in [0, 0.1) is 0 Å². The van der Waals surface area contributed by atoms with Crippen LogP contribution in [0.1, 0.15) is 115 Å². The molecule has 1 atom stereocenters. The lowest BCUT2D eigenvalue weighted by Gasteiger charge is -2.15. The number of hydrogen-bond acceptors (Lipinski definition) is 25. The third-order valence-corrected chi connectivity index (χ3v) is 25.6. The van der Waals surface area contributed by atoms with Gasteiger partial charge in [0.15, 0.2) is 26.7 Å². The van der Waals surface area contributed by atoms with Crippen molar-refractivity contribution < 1.29 is 85.3 Å². The summed E-state index contributed by atoms with van der Waals surface area (Å²) in [5, 5.41) is 33.1. The molecule has 0 spiro atoms. The average Bonchev–Trinajstić information content (AvgIpc) is 1.64. The smallest absolute Gasteiger partial charge is 0.537 e. The van der Waals surface area contributed by atoms with Crippen molar-refractivity contribution in [2.45, 2.75) is 82.0 Å². The molecule has 3 heterocycles. The highest BCUT2D eigenvalue weighted by Crippen LogP contribution is 2.36. The number of hydrogen-bond donors (Lipinski definition) is 8. The van der Waals surface area contributed by atoms with Crippen molar-refractivity contribution in [2.24, 2.45) is 15.4 Å². The van der Waals surface area contributed by atoms with Gasteiger partial charge in [-0.2, -0.15) is 0 Å². The van der Waals surface area contributed by atoms with E-state index in [0.717, 1.165) is 89.7 Å². The van der Waals surface area contributed by atoms with Crippen molar-refractivity contribution in [1.29, 1.82) is 0 Å². The summed E-state index contributed by atoms with van der Waals surface area (Å²) < 4.78 is 127. The van der Waals surface area contributed by atoms with Crippen LogP contribution in [0.15, 0.2) is 193 Å². The number of rotatable bonds is 36. The van der Waals surface area contributed by atoms with Crippen LogP contribution in [0.25, 0.3) is 52.9 Å². The number of fused-ring (bicyclic) bond motifs is 3. The predicted molar refractivity (Wildman–Crippen MR) is 471 cm³/mol. The molecule has 11 N–H and O–H groups in total. The summed E-state index contributed by atoms with van der Waals surface area (Å²) in [5.41, 5.74) is 9.03. The van der Waals surface area contributed by atoms with Crippen molar-refractivity contribution in [3.05, 3.63) is 235 Å². The van der Waals surface area contributed by atoms with Gasteiger partial charge in [-0.25, -0.2) is 72.5 Å². The van der Waals surface area contributed by atoms with Gasteiger partial charge in [-0.15, -0.1) is 34.0 Å². The molecule has 40 heteroatoms. The number of primary sulfonamides is 3. The molecule has 4 amide bonds. The van der Waals surface area contributed by atoms with Crippen LogP contribution in [0.4, 0.5) is 0 Å². The molecular formula is C79H88BBrClN10O19S8. The van der Waals surface area contributed by atoms with Crippen LogP contribution >= 0.6 is 60.6 Å². The molecule has 0 aliphatic rings. The van der Waals surface area contributed by atoms with Crippen LogP contribution < -0.4 is 41.3 Å². The molecule has 0 fully saturated rings. The first-order valence-corrected chi connectivity index (χ1v) is 49.1. The van der Waals surface area contributed by atoms with Gasteiger partial charge in [0.2, 0.25) is 56.8 Å². The molecule has 0 saturated heterocycles. The van der Waals surface area contributed by atoms with Gasteiger partial charge in [0.25, 0.3) is 5.91 Å². The summed E-state index contributed by atoms with van der Waals surface area (Å²) in [4.78, 5) is 86.2. The van der Waals surface area contributed by atoms with Gasteiger partial charge in [0.05, 0.1) is 78.9 Å². The molecule has 0 saturated carbocycles. The molecule has 633 valence electrons. The van der Waals surface area contributed by atoms with E-state index in [9.17, 15) is 70.9 Å². The quantitative estimate of drug-likeness (QED) is 0.00782. The van der Waals surface area contributed by atoms with Crippen LogP contribution in [0.3, 0.4) is 0 Å². The number of sulfonamides is 3. The SMILES string of the molecule is CCCCC(=O)c1ccc(-c2ccc3nc(C(C(=O)NCCS(N)(=O)=O)S(=O)(=O)Cc4ccccc4)sc3c2)cc1.CCCCC(=O)c1ccc(-c2ccc3nc(CC(=O)NCCS(N)(=O)=O)sc3c2)cc1.COCCNC(=O)c1ccc(O[B]O)cc1.NS(=O)(=O)CCNC(=O)Cc1nc2ccc(Br)cc2s1.O=S(=O)(Cl)Cc1ccccc1. The van der Waals surface area contributed by atoms with Crippen LogP contribution in [-0.4, -0.2) is 162 Å². The maximum absolute atomic E-state index is 13.6. The first-order valence-electron chi connectivity index (χ1n) is 36.6. The fourth-order valence-electron chi connectivity index (χ4n) is 10.8. The van der Waals surface area contributed by atoms with E-state index in [2.05, 4.69) is 59.1 Å². The first-order chi connectivity index (χ1) is 56.4. The summed E-state index contributed by atoms with van der Waals surface area (Å²) in [6.07, 6.45) is 4.97. The molecule has 0 aliphatic carbocycles. The lowest BCUT2D eigenvalue weighted by atomic mass is 10.0. The number of amides is 4. The Morgan fingerprint density at radius 1 is 0.496 bits per heavy atom. The lowest BCUT2D eigenvalue weighted by molar-refractivity contribution is -0.121. The van der Waals surface area contributed by atoms with Gasteiger partial charge in [0.1, 0.15) is 20.8 Å². The van der Waals surface area contributed by atoms with Crippen LogP contribution in [-0.2, 0) is 92.4 Å². The van der Waals surface area contributed by atoms with Gasteiger partial charge in [-0.05, 0) is 113 Å². The zero-order valence-corrected chi connectivity index (χ0v) is 73.5. The van der Waals surface area contributed by atoms with Crippen molar-refractivity contribution in [3.8, 4) is 28.0 Å². The van der Waals surface area contributed by atoms with Gasteiger partial charge in [0, 0.05) is 78.0 Å². The number of methoxy groups -OCH3 is 1. The second kappa shape index (κ2) is 47.1. The fourth-order valence-corrected chi connectivity index (χ4v) is 18.6. The Bertz CT molecular complexity index is 5870. The topological polar surface area (TPSA) is 477 Å². The van der Waals surface area contributed by atoms with Crippen molar-refractivity contribution in [2.75, 3.05) is 57.2 Å². The largest absolute Gasteiger partial charge is 0.569 e. The number of thiazole rings is 3. The Morgan fingerprint density at radius 3 is 1.34 bits per heavy atom. The Kier molecular flexibility index (Phi) is 38.4. The van der Waals surface area contributed by atoms with Gasteiger partial charge >= 0.3 is 7.69 Å². The number of carbonyl (C=O) groups is 6. The number of carbonyl (C=O) groups excluding carboxylic acids is 6. The Hall–Kier alpha value is -9.17. The van der Waals surface area contributed by atoms with Crippen molar-refractivity contribution in [1.82, 2.24) is 36.2 Å². The van der Waals surface area contributed by atoms with Crippen LogP contribution in [0.2, 0.25) is 0 Å². The van der Waals surface area contributed by atoms with E-state index in [1.165, 1.54) is 22.7 Å². The monoisotopic (exact) mass is 1860 g/mol. The number of aromatic nitrogens is 3. The zero-order valence-electron chi connectivity index (χ0n) is 64.7. The molecule has 119 heavy (non-hydrogen) atoms. The van der Waals surface area contributed by atoms with E-state index in [-0.39, 0.29) is 84.0 Å². The second-order valence-corrected chi connectivity index (χ2v) is 40.5. The maximum Gasteiger partial charge on any atom is 0.569 e. The molecular weight excluding hydrogens is 1780 g/mol. The highest BCUT2D eigenvalue weighted by atomic mass is 79.9. The number of ketones is 2. The third kappa shape index (κ3) is 34.8. The highest BCUT2D eigenvalue weighted by Gasteiger charge is 2.37. The molecule has 11 aromatic rings.